The molecule has 4 heteroatoms. The van der Waals surface area contributed by atoms with E-state index in [1.165, 1.54) is 0 Å². The van der Waals surface area contributed by atoms with Gasteiger partial charge in [0.2, 0.25) is 5.78 Å². The zero-order valence-electron chi connectivity index (χ0n) is 16.2. The number of nitrogens with zero attached hydrogens (tertiary/aromatic N) is 2. The highest BCUT2D eigenvalue weighted by atomic mass is 16.5. The largest absolute Gasteiger partial charge is 0.496 e. The lowest BCUT2D eigenvalue weighted by atomic mass is 10.1. The molecule has 0 fully saturated rings. The highest BCUT2D eigenvalue weighted by Gasteiger charge is 2.33. The van der Waals surface area contributed by atoms with Gasteiger partial charge in [-0.2, -0.15) is 0 Å². The molecule has 140 valence electrons. The normalized spacial score (nSPS) is 14.3. The summed E-state index contributed by atoms with van der Waals surface area (Å²) in [6, 6.07) is 23.6. The van der Waals surface area contributed by atoms with Crippen LogP contribution in [0.4, 0.5) is 17.1 Å². The minimum atomic E-state index is 0.0122. The molecule has 3 aromatic rings. The van der Waals surface area contributed by atoms with Crippen LogP contribution in [0.1, 0.15) is 15.9 Å². The van der Waals surface area contributed by atoms with E-state index in [-0.39, 0.29) is 5.78 Å². The van der Waals surface area contributed by atoms with E-state index in [0.29, 0.717) is 11.3 Å². The minimum absolute atomic E-state index is 0.0122. The van der Waals surface area contributed by atoms with E-state index in [4.69, 9.17) is 4.74 Å². The second-order valence-corrected chi connectivity index (χ2v) is 6.87. The summed E-state index contributed by atoms with van der Waals surface area (Å²) in [5.41, 5.74) is 5.08. The lowest BCUT2D eigenvalue weighted by molar-refractivity contribution is 0.104. The van der Waals surface area contributed by atoms with Crippen molar-refractivity contribution < 1.29 is 9.53 Å². The number of allylic oxidation sites excluding steroid dienone is 1. The maximum atomic E-state index is 13.2. The zero-order chi connectivity index (χ0) is 19.7. The van der Waals surface area contributed by atoms with E-state index in [0.717, 1.165) is 28.4 Å². The molecule has 0 saturated heterocycles. The average molecular weight is 370 g/mol. The van der Waals surface area contributed by atoms with Gasteiger partial charge in [-0.3, -0.25) is 4.79 Å². The van der Waals surface area contributed by atoms with Crippen molar-refractivity contribution in [2.75, 3.05) is 31.0 Å². The fourth-order valence-corrected chi connectivity index (χ4v) is 3.46. The summed E-state index contributed by atoms with van der Waals surface area (Å²) < 4.78 is 5.60. The molecule has 0 spiro atoms. The molecule has 1 aliphatic heterocycles. The molecule has 0 unspecified atom stereocenters. The van der Waals surface area contributed by atoms with Crippen LogP contribution in [0.3, 0.4) is 0 Å². The highest BCUT2D eigenvalue weighted by Crippen LogP contribution is 2.41. The van der Waals surface area contributed by atoms with Gasteiger partial charge in [0.25, 0.3) is 0 Å². The van der Waals surface area contributed by atoms with E-state index < -0.39 is 0 Å². The number of carbonyl (C=O) groups is 1. The SMILES string of the molecule is COc1cc(N(C)C)ccc1/C=C1/C(=O)c2ccccc2N1c1ccccc1. The number of anilines is 3. The minimum Gasteiger partial charge on any atom is -0.496 e. The fourth-order valence-electron chi connectivity index (χ4n) is 3.46. The number of benzene rings is 3. The number of rotatable bonds is 4. The molecular formula is C24H22N2O2. The van der Waals surface area contributed by atoms with Crippen molar-refractivity contribution in [3.63, 3.8) is 0 Å². The number of carbonyl (C=O) groups excluding carboxylic acids is 1. The maximum absolute atomic E-state index is 13.2. The number of hydrogen-bond donors (Lipinski definition) is 0. The van der Waals surface area contributed by atoms with Gasteiger partial charge in [0.15, 0.2) is 0 Å². The standard InChI is InChI=1S/C24H22N2O2/c1-25(2)19-14-13-17(23(16-19)28-3)15-22-24(27)20-11-7-8-12-21(20)26(22)18-9-5-4-6-10-18/h4-16H,1-3H3/b22-15-. The Hall–Kier alpha value is -3.53. The molecule has 0 radical (unpaired) electrons. The molecule has 0 atom stereocenters. The van der Waals surface area contributed by atoms with Gasteiger partial charge in [-0.1, -0.05) is 30.3 Å². The second-order valence-electron chi connectivity index (χ2n) is 6.87. The molecule has 0 amide bonds. The maximum Gasteiger partial charge on any atom is 0.211 e. The van der Waals surface area contributed by atoms with Gasteiger partial charge in [-0.15, -0.1) is 0 Å². The van der Waals surface area contributed by atoms with Crippen LogP contribution in [0.25, 0.3) is 6.08 Å². The summed E-state index contributed by atoms with van der Waals surface area (Å²) >= 11 is 0. The average Bonchev–Trinajstić information content (AvgIpc) is 3.01. The van der Waals surface area contributed by atoms with E-state index in [1.54, 1.807) is 7.11 Å². The van der Waals surface area contributed by atoms with E-state index >= 15 is 0 Å². The summed E-state index contributed by atoms with van der Waals surface area (Å²) in [5, 5.41) is 0. The van der Waals surface area contributed by atoms with E-state index in [2.05, 4.69) is 0 Å². The molecule has 0 bridgehead atoms. The van der Waals surface area contributed by atoms with Crippen molar-refractivity contribution in [3.8, 4) is 5.75 Å². The molecule has 0 aromatic heterocycles. The van der Waals surface area contributed by atoms with Gasteiger partial charge < -0.3 is 14.5 Å². The molecule has 4 nitrogen and oxygen atoms in total. The molecule has 0 saturated carbocycles. The van der Waals surface area contributed by atoms with Crippen molar-refractivity contribution in [2.24, 2.45) is 0 Å². The third-order valence-corrected chi connectivity index (χ3v) is 4.90. The number of para-hydroxylation sites is 2. The number of hydrogen-bond acceptors (Lipinski definition) is 4. The Morgan fingerprint density at radius 1 is 0.929 bits per heavy atom. The van der Waals surface area contributed by atoms with Gasteiger partial charge in [0.05, 0.1) is 18.5 Å². The van der Waals surface area contributed by atoms with Gasteiger partial charge in [0, 0.05) is 42.7 Å². The van der Waals surface area contributed by atoms with Gasteiger partial charge in [0.1, 0.15) is 5.75 Å². The summed E-state index contributed by atoms with van der Waals surface area (Å²) in [7, 11) is 5.62. The Morgan fingerprint density at radius 3 is 2.36 bits per heavy atom. The summed E-state index contributed by atoms with van der Waals surface area (Å²) in [5.74, 6) is 0.744. The molecule has 0 aliphatic carbocycles. The van der Waals surface area contributed by atoms with E-state index in [9.17, 15) is 4.79 Å². The van der Waals surface area contributed by atoms with Gasteiger partial charge in [-0.25, -0.2) is 0 Å². The quantitative estimate of drug-likeness (QED) is 0.596. The third-order valence-electron chi connectivity index (χ3n) is 4.90. The van der Waals surface area contributed by atoms with Crippen LogP contribution in [0.5, 0.6) is 5.75 Å². The zero-order valence-corrected chi connectivity index (χ0v) is 16.2. The Kier molecular flexibility index (Phi) is 4.62. The van der Waals surface area contributed by atoms with Crippen LogP contribution in [-0.2, 0) is 0 Å². The molecule has 1 aliphatic rings. The molecule has 1 heterocycles. The number of ketones is 1. The van der Waals surface area contributed by atoms with Crippen molar-refractivity contribution >= 4 is 28.9 Å². The summed E-state index contributed by atoms with van der Waals surface area (Å²) in [4.78, 5) is 17.2. The Morgan fingerprint density at radius 2 is 1.64 bits per heavy atom. The van der Waals surface area contributed by atoms with E-state index in [1.807, 2.05) is 103 Å². The first-order valence-electron chi connectivity index (χ1n) is 9.16. The first-order chi connectivity index (χ1) is 13.6. The number of methoxy groups -OCH3 is 1. The van der Waals surface area contributed by atoms with Crippen LogP contribution in [-0.4, -0.2) is 27.0 Å². The van der Waals surface area contributed by atoms with Crippen molar-refractivity contribution in [3.05, 3.63) is 89.6 Å². The number of ether oxygens (including phenoxy) is 1. The smallest absolute Gasteiger partial charge is 0.211 e. The lowest BCUT2D eigenvalue weighted by Gasteiger charge is -2.21. The number of Topliss-reactive ketones (excluding diaryl/α,β-unsaturated/α-hetero) is 1. The Balaban J connectivity index is 1.87. The third kappa shape index (κ3) is 3.03. The molecule has 4 rings (SSSR count). The van der Waals surface area contributed by atoms with Crippen LogP contribution < -0.4 is 14.5 Å². The highest BCUT2D eigenvalue weighted by molar-refractivity contribution is 6.23. The van der Waals surface area contributed by atoms with Crippen LogP contribution in [0.15, 0.2) is 78.5 Å². The first-order valence-corrected chi connectivity index (χ1v) is 9.16. The van der Waals surface area contributed by atoms with Crippen LogP contribution >= 0.6 is 0 Å². The fraction of sp³-hybridized carbons (Fsp3) is 0.125. The van der Waals surface area contributed by atoms with Crippen molar-refractivity contribution in [2.45, 2.75) is 0 Å². The van der Waals surface area contributed by atoms with Crippen LogP contribution in [0, 0.1) is 0 Å². The predicted octanol–water partition coefficient (Wildman–Crippen LogP) is 5.14. The van der Waals surface area contributed by atoms with Gasteiger partial charge >= 0.3 is 0 Å². The Bertz CT molecular complexity index is 1060. The topological polar surface area (TPSA) is 32.8 Å². The van der Waals surface area contributed by atoms with Crippen molar-refractivity contribution in [1.29, 1.82) is 0 Å². The van der Waals surface area contributed by atoms with Gasteiger partial charge in [-0.05, 0) is 42.5 Å². The lowest BCUT2D eigenvalue weighted by Crippen LogP contribution is -2.14. The Labute approximate surface area is 165 Å². The monoisotopic (exact) mass is 370 g/mol. The molecule has 3 aromatic carbocycles. The first kappa shape index (κ1) is 17.9. The number of fused-ring (bicyclic) bond motifs is 1. The molecule has 0 N–H and O–H groups in total. The summed E-state index contributed by atoms with van der Waals surface area (Å²) in [6.45, 7) is 0. The predicted molar refractivity (Wildman–Crippen MR) is 115 cm³/mol. The second kappa shape index (κ2) is 7.24. The summed E-state index contributed by atoms with van der Waals surface area (Å²) in [6.07, 6.45) is 1.91. The van der Waals surface area contributed by atoms with Crippen molar-refractivity contribution in [1.82, 2.24) is 0 Å². The van der Waals surface area contributed by atoms with Crippen LogP contribution in [0.2, 0.25) is 0 Å². The molecule has 28 heavy (non-hydrogen) atoms. The molecular weight excluding hydrogens is 348 g/mol.